The standard InChI is InChI=1S/2C27H27Si.6ClH.2Ti/c1-3-22(2)26-20-13-21-27(26)28(23-14-7-4-8-15-23,24-16-9-5-10-17-24)25-18-11-6-12-19-25;1-2-3-13-23-20-21-27(22-23)28(24-14-7-4-8-15-24,25-16-9-5-10-17-25)26-18-11-6-12-19-26;;;;;;;;/h4-22H,3H2,1-2H3;4-12,14-22H,2-3,13H2,1H3;6*1H;;/q2*-1;;;;;;;2*+4/p-6. The number of aryl methyl sites for hydroxylation is 1. The van der Waals surface area contributed by atoms with Gasteiger partial charge in [-0.3, -0.25) is 0 Å². The van der Waals surface area contributed by atoms with E-state index < -0.39 is 16.1 Å². The Kier molecular flexibility index (Phi) is 31.4. The first-order chi connectivity index (χ1) is 27.6. The summed E-state index contributed by atoms with van der Waals surface area (Å²) in [6, 6.07) is 81.1. The van der Waals surface area contributed by atoms with E-state index in [9.17, 15) is 0 Å². The first-order valence-corrected chi connectivity index (χ1v) is 24.5. The molecule has 0 amide bonds. The third-order valence-electron chi connectivity index (χ3n) is 11.7. The number of hydrogen-bond acceptors (Lipinski definition) is 0. The molecule has 0 radical (unpaired) electrons. The van der Waals surface area contributed by atoms with E-state index in [0.717, 1.165) is 6.42 Å². The van der Waals surface area contributed by atoms with Crippen LogP contribution in [0, 0.1) is 0 Å². The van der Waals surface area contributed by atoms with Gasteiger partial charge in [0.25, 0.3) is 0 Å². The van der Waals surface area contributed by atoms with Gasteiger partial charge < -0.3 is 74.4 Å². The summed E-state index contributed by atoms with van der Waals surface area (Å²) in [5.74, 6) is 0.549. The zero-order chi connectivity index (χ0) is 38.6. The molecule has 0 aliphatic carbocycles. The molecule has 8 aromatic carbocycles. The van der Waals surface area contributed by atoms with E-state index in [1.807, 2.05) is 0 Å². The van der Waals surface area contributed by atoms with Crippen molar-refractivity contribution in [3.63, 3.8) is 0 Å². The van der Waals surface area contributed by atoms with E-state index in [1.165, 1.54) is 71.9 Å². The number of benzene rings is 6. The topological polar surface area (TPSA) is 0 Å². The summed E-state index contributed by atoms with van der Waals surface area (Å²) in [5.41, 5.74) is 2.97. The van der Waals surface area contributed by atoms with Crippen molar-refractivity contribution < 1.29 is 118 Å². The number of rotatable bonds is 13. The molecule has 0 aliphatic heterocycles. The minimum Gasteiger partial charge on any atom is -1.00 e. The fourth-order valence-electron chi connectivity index (χ4n) is 8.78. The molecule has 0 aromatic heterocycles. The average molecular weight is 1070 g/mol. The second-order valence-corrected chi connectivity index (χ2v) is 22.6. The fourth-order valence-corrected chi connectivity index (χ4v) is 18.7. The van der Waals surface area contributed by atoms with E-state index in [1.54, 1.807) is 0 Å². The molecule has 0 bridgehead atoms. The molecule has 10 heteroatoms. The Bertz CT molecular complexity index is 2170. The Morgan fingerprint density at radius 1 is 0.406 bits per heavy atom. The van der Waals surface area contributed by atoms with Crippen LogP contribution in [0.4, 0.5) is 0 Å². The number of halogens is 6. The monoisotopic (exact) mass is 1060 g/mol. The van der Waals surface area contributed by atoms with Gasteiger partial charge in [-0.1, -0.05) is 260 Å². The zero-order valence-corrected chi connectivity index (χ0v) is 46.1. The summed E-state index contributed by atoms with van der Waals surface area (Å²) in [6.45, 7) is 6.91. The van der Waals surface area contributed by atoms with Crippen LogP contribution in [-0.4, -0.2) is 16.1 Å². The SMILES string of the molecule is CCC(C)c1ccc[c-]1[Si](c1ccccc1)(c1ccccc1)c1ccccc1.CCCCc1cc[c-]([Si](c2ccccc2)(c2ccccc2)c2ccccc2)c1.[Cl-].[Cl-].[Cl-].[Cl-].[Cl-].[Cl-].[Ti+4].[Ti+4]. The van der Waals surface area contributed by atoms with E-state index in [4.69, 9.17) is 0 Å². The summed E-state index contributed by atoms with van der Waals surface area (Å²) in [6.07, 6.45) is 4.80. The van der Waals surface area contributed by atoms with Gasteiger partial charge in [0.1, 0.15) is 16.1 Å². The molecule has 0 heterocycles. The Balaban J connectivity index is 0. The third kappa shape index (κ3) is 13.6. The van der Waals surface area contributed by atoms with Crippen molar-refractivity contribution in [3.05, 3.63) is 230 Å². The second-order valence-electron chi connectivity index (χ2n) is 15.0. The van der Waals surface area contributed by atoms with E-state index in [0.29, 0.717) is 5.92 Å². The van der Waals surface area contributed by atoms with Crippen molar-refractivity contribution in [2.75, 3.05) is 0 Å². The summed E-state index contributed by atoms with van der Waals surface area (Å²) in [7, 11) is -4.69. The molecule has 0 spiro atoms. The molecule has 0 saturated heterocycles. The van der Waals surface area contributed by atoms with Crippen molar-refractivity contribution in [1.82, 2.24) is 0 Å². The molecule has 0 saturated carbocycles. The minimum absolute atomic E-state index is 0. The van der Waals surface area contributed by atoms with Gasteiger partial charge >= 0.3 is 43.4 Å². The Morgan fingerprint density at radius 3 is 1.05 bits per heavy atom. The van der Waals surface area contributed by atoms with Crippen LogP contribution in [0.2, 0.25) is 0 Å². The molecule has 1 unspecified atom stereocenters. The molecule has 0 fully saturated rings. The van der Waals surface area contributed by atoms with Crippen molar-refractivity contribution in [2.45, 2.75) is 52.4 Å². The first-order valence-electron chi connectivity index (χ1n) is 20.5. The van der Waals surface area contributed by atoms with Gasteiger partial charge in [0.15, 0.2) is 0 Å². The molecule has 64 heavy (non-hydrogen) atoms. The summed E-state index contributed by atoms with van der Waals surface area (Å²) < 4.78 is 0. The maximum atomic E-state index is 2.48. The van der Waals surface area contributed by atoms with Crippen molar-refractivity contribution in [3.8, 4) is 0 Å². The largest absolute Gasteiger partial charge is 4.00 e. The van der Waals surface area contributed by atoms with E-state index >= 15 is 0 Å². The Hall–Kier alpha value is -2.38. The van der Waals surface area contributed by atoms with Gasteiger partial charge in [-0.2, -0.15) is 29.3 Å². The van der Waals surface area contributed by atoms with Crippen LogP contribution in [0.25, 0.3) is 0 Å². The van der Waals surface area contributed by atoms with Crippen LogP contribution in [0.15, 0.2) is 218 Å². The second kappa shape index (κ2) is 31.6. The van der Waals surface area contributed by atoms with Gasteiger partial charge in [-0.05, 0) is 5.92 Å². The van der Waals surface area contributed by atoms with Crippen LogP contribution in [0.3, 0.4) is 0 Å². The smallest absolute Gasteiger partial charge is 1.00 e. The Labute approximate surface area is 452 Å². The van der Waals surface area contributed by atoms with Crippen LogP contribution in [0.5, 0.6) is 0 Å². The molecule has 8 rings (SSSR count). The van der Waals surface area contributed by atoms with Gasteiger partial charge in [-0.25, -0.2) is 18.2 Å². The van der Waals surface area contributed by atoms with Crippen molar-refractivity contribution in [2.24, 2.45) is 0 Å². The van der Waals surface area contributed by atoms with Gasteiger partial charge in [0, 0.05) is 0 Å². The van der Waals surface area contributed by atoms with E-state index in [2.05, 4.69) is 239 Å². The molecule has 328 valence electrons. The third-order valence-corrected chi connectivity index (χ3v) is 21.3. The van der Waals surface area contributed by atoms with Crippen LogP contribution in [0.1, 0.15) is 57.1 Å². The van der Waals surface area contributed by atoms with Gasteiger partial charge in [0.05, 0.1) is 0 Å². The molecule has 8 aromatic rings. The quantitative estimate of drug-likeness (QED) is 0.0613. The van der Waals surface area contributed by atoms with Crippen LogP contribution in [-0.2, 0) is 49.9 Å². The molecular formula is C54H54Cl6Si2Ti2. The first kappa shape index (κ1) is 63.7. The molecule has 1 atom stereocenters. The fraction of sp³-hybridized carbons (Fsp3) is 0.148. The maximum absolute atomic E-state index is 2.48. The van der Waals surface area contributed by atoms with Gasteiger partial charge in [-0.15, -0.1) is 10.4 Å². The number of unbranched alkanes of at least 4 members (excludes halogenated alkanes) is 1. The van der Waals surface area contributed by atoms with Gasteiger partial charge in [0.2, 0.25) is 0 Å². The average Bonchev–Trinajstić information content (AvgIpc) is 3.97. The molecule has 0 N–H and O–H groups in total. The Morgan fingerprint density at radius 2 is 0.734 bits per heavy atom. The zero-order valence-electron chi connectivity index (χ0n) is 36.5. The normalized spacial score (nSPS) is 10.5. The van der Waals surface area contributed by atoms with Crippen molar-refractivity contribution in [1.29, 1.82) is 0 Å². The maximum Gasteiger partial charge on any atom is 4.00 e. The predicted molar refractivity (Wildman–Crippen MR) is 249 cm³/mol. The molecular weight excluding hydrogens is 1010 g/mol. The van der Waals surface area contributed by atoms with Crippen LogP contribution >= 0.6 is 0 Å². The van der Waals surface area contributed by atoms with Crippen LogP contribution < -0.4 is 116 Å². The van der Waals surface area contributed by atoms with Crippen molar-refractivity contribution >= 4 is 57.6 Å². The molecule has 0 nitrogen and oxygen atoms in total. The van der Waals surface area contributed by atoms with E-state index in [-0.39, 0.29) is 118 Å². The molecule has 0 aliphatic rings. The predicted octanol–water partition coefficient (Wildman–Crippen LogP) is -9.56. The minimum atomic E-state index is -2.37. The number of hydrogen-bond donors (Lipinski definition) is 0. The summed E-state index contributed by atoms with van der Waals surface area (Å²) in [4.78, 5) is 0. The summed E-state index contributed by atoms with van der Waals surface area (Å²) >= 11 is 0. The summed E-state index contributed by atoms with van der Waals surface area (Å²) in [5, 5.41) is 11.7.